The first kappa shape index (κ1) is 16.0. The Balaban J connectivity index is 2.13. The van der Waals surface area contributed by atoms with Crippen LogP contribution in [0.4, 0.5) is 0 Å². The zero-order chi connectivity index (χ0) is 14.6. The highest BCUT2D eigenvalue weighted by molar-refractivity contribution is 7.10. The van der Waals surface area contributed by atoms with E-state index >= 15 is 0 Å². The summed E-state index contributed by atoms with van der Waals surface area (Å²) < 4.78 is 0. The van der Waals surface area contributed by atoms with Crippen molar-refractivity contribution in [2.75, 3.05) is 33.2 Å². The zero-order valence-corrected chi connectivity index (χ0v) is 14.0. The Morgan fingerprint density at radius 2 is 2.25 bits per heavy atom. The van der Waals surface area contributed by atoms with Gasteiger partial charge in [-0.15, -0.1) is 11.3 Å². The summed E-state index contributed by atoms with van der Waals surface area (Å²) in [6, 6.07) is 4.84. The predicted octanol–water partition coefficient (Wildman–Crippen LogP) is 2.94. The van der Waals surface area contributed by atoms with Gasteiger partial charge in [0.15, 0.2) is 0 Å². The Morgan fingerprint density at radius 3 is 2.85 bits per heavy atom. The second-order valence-electron chi connectivity index (χ2n) is 6.02. The van der Waals surface area contributed by atoms with Gasteiger partial charge in [-0.1, -0.05) is 13.0 Å². The van der Waals surface area contributed by atoms with E-state index in [0.29, 0.717) is 6.04 Å². The maximum Gasteiger partial charge on any atom is 0.0416 e. The summed E-state index contributed by atoms with van der Waals surface area (Å²) in [5.74, 6) is 0. The Labute approximate surface area is 127 Å². The van der Waals surface area contributed by atoms with Crippen molar-refractivity contribution in [3.63, 3.8) is 0 Å². The van der Waals surface area contributed by atoms with Crippen LogP contribution in [0, 0.1) is 0 Å². The number of thiophene rings is 1. The molecule has 3 nitrogen and oxygen atoms in total. The van der Waals surface area contributed by atoms with E-state index in [1.807, 2.05) is 11.3 Å². The topological polar surface area (TPSA) is 32.5 Å². The third kappa shape index (κ3) is 3.25. The molecule has 0 radical (unpaired) electrons. The molecule has 2 N–H and O–H groups in total. The Kier molecular flexibility index (Phi) is 5.61. The van der Waals surface area contributed by atoms with Gasteiger partial charge < -0.3 is 10.6 Å². The van der Waals surface area contributed by atoms with E-state index in [2.05, 4.69) is 48.2 Å². The van der Waals surface area contributed by atoms with Gasteiger partial charge in [-0.3, -0.25) is 4.90 Å². The number of hydrogen-bond acceptors (Lipinski definition) is 4. The lowest BCUT2D eigenvalue weighted by Gasteiger charge is -2.44. The molecule has 4 heteroatoms. The van der Waals surface area contributed by atoms with Gasteiger partial charge >= 0.3 is 0 Å². The number of nitrogens with zero attached hydrogens (tertiary/aromatic N) is 2. The van der Waals surface area contributed by atoms with Crippen LogP contribution in [0.5, 0.6) is 0 Å². The van der Waals surface area contributed by atoms with E-state index in [1.54, 1.807) is 0 Å². The number of hydrogen-bond donors (Lipinski definition) is 1. The maximum atomic E-state index is 6.23. The smallest absolute Gasteiger partial charge is 0.0416 e. The van der Waals surface area contributed by atoms with Crippen molar-refractivity contribution in [3.8, 4) is 0 Å². The van der Waals surface area contributed by atoms with Crippen LogP contribution in [0.3, 0.4) is 0 Å². The molecule has 0 saturated carbocycles. The molecule has 0 aliphatic carbocycles. The Bertz CT molecular complexity index is 392. The van der Waals surface area contributed by atoms with Gasteiger partial charge in [0.2, 0.25) is 0 Å². The minimum absolute atomic E-state index is 0.160. The molecule has 0 bridgehead atoms. The van der Waals surface area contributed by atoms with Gasteiger partial charge in [0.1, 0.15) is 0 Å². The zero-order valence-electron chi connectivity index (χ0n) is 13.1. The summed E-state index contributed by atoms with van der Waals surface area (Å²) in [6.07, 6.45) is 3.66. The van der Waals surface area contributed by atoms with Crippen LogP contribution in [-0.4, -0.2) is 48.6 Å². The summed E-state index contributed by atoms with van der Waals surface area (Å²) >= 11 is 1.85. The summed E-state index contributed by atoms with van der Waals surface area (Å²) in [7, 11) is 2.26. The third-order valence-corrected chi connectivity index (χ3v) is 6.16. The van der Waals surface area contributed by atoms with Crippen LogP contribution in [0.25, 0.3) is 0 Å². The maximum absolute atomic E-state index is 6.23. The van der Waals surface area contributed by atoms with Crippen LogP contribution in [0.2, 0.25) is 0 Å². The van der Waals surface area contributed by atoms with E-state index in [0.717, 1.165) is 13.1 Å². The second-order valence-corrected chi connectivity index (χ2v) is 7.00. The first-order chi connectivity index (χ1) is 9.63. The van der Waals surface area contributed by atoms with Crippen molar-refractivity contribution < 1.29 is 0 Å². The first-order valence-electron chi connectivity index (χ1n) is 7.81. The molecule has 2 rings (SSSR count). The summed E-state index contributed by atoms with van der Waals surface area (Å²) in [6.45, 7) is 8.88. The Morgan fingerprint density at radius 1 is 1.45 bits per heavy atom. The van der Waals surface area contributed by atoms with Crippen molar-refractivity contribution in [2.24, 2.45) is 5.73 Å². The van der Waals surface area contributed by atoms with E-state index in [4.69, 9.17) is 5.73 Å². The molecule has 0 aromatic carbocycles. The van der Waals surface area contributed by atoms with Crippen LogP contribution < -0.4 is 5.73 Å². The molecule has 1 saturated heterocycles. The highest BCUT2D eigenvalue weighted by Crippen LogP contribution is 2.35. The van der Waals surface area contributed by atoms with Crippen molar-refractivity contribution in [2.45, 2.75) is 44.7 Å². The molecule has 2 unspecified atom stereocenters. The number of likely N-dealkylation sites (N-methyl/N-ethyl adjacent to an activating group) is 1. The summed E-state index contributed by atoms with van der Waals surface area (Å²) in [5.41, 5.74) is 6.39. The molecular formula is C16H29N3S. The van der Waals surface area contributed by atoms with Gasteiger partial charge in [-0.25, -0.2) is 0 Å². The van der Waals surface area contributed by atoms with Gasteiger partial charge in [0, 0.05) is 23.0 Å². The van der Waals surface area contributed by atoms with Gasteiger partial charge in [-0.2, -0.15) is 0 Å². The molecule has 2 heterocycles. The normalized spacial score (nSPS) is 26.6. The van der Waals surface area contributed by atoms with Crippen LogP contribution in [0.15, 0.2) is 17.5 Å². The molecule has 114 valence electrons. The summed E-state index contributed by atoms with van der Waals surface area (Å²) in [5, 5.41) is 2.17. The fourth-order valence-corrected chi connectivity index (χ4v) is 4.21. The summed E-state index contributed by atoms with van der Waals surface area (Å²) in [4.78, 5) is 6.54. The lowest BCUT2D eigenvalue weighted by molar-refractivity contribution is 0.0706. The largest absolute Gasteiger partial charge is 0.329 e. The minimum atomic E-state index is 0.160. The molecule has 0 amide bonds. The van der Waals surface area contributed by atoms with E-state index < -0.39 is 0 Å². The average Bonchev–Trinajstić information content (AvgIpc) is 2.92. The van der Waals surface area contributed by atoms with Crippen LogP contribution in [-0.2, 0) is 0 Å². The molecule has 2 atom stereocenters. The lowest BCUT2D eigenvalue weighted by Crippen LogP contribution is -2.53. The second kappa shape index (κ2) is 7.03. The van der Waals surface area contributed by atoms with Crippen molar-refractivity contribution in [3.05, 3.63) is 22.4 Å². The number of rotatable bonds is 5. The Hall–Kier alpha value is -0.420. The van der Waals surface area contributed by atoms with Crippen LogP contribution in [0.1, 0.15) is 44.0 Å². The number of nitrogens with two attached hydrogens (primary N) is 1. The lowest BCUT2D eigenvalue weighted by atomic mass is 9.87. The first-order valence-corrected chi connectivity index (χ1v) is 8.69. The van der Waals surface area contributed by atoms with Crippen molar-refractivity contribution >= 4 is 11.3 Å². The van der Waals surface area contributed by atoms with Gasteiger partial charge in [0.05, 0.1) is 0 Å². The van der Waals surface area contributed by atoms with Crippen molar-refractivity contribution in [1.82, 2.24) is 9.80 Å². The minimum Gasteiger partial charge on any atom is -0.329 e. The van der Waals surface area contributed by atoms with E-state index in [1.165, 1.54) is 37.2 Å². The van der Waals surface area contributed by atoms with Crippen molar-refractivity contribution in [1.29, 1.82) is 0 Å². The molecule has 1 aromatic heterocycles. The molecule has 1 aromatic rings. The molecule has 1 fully saturated rings. The highest BCUT2D eigenvalue weighted by Gasteiger charge is 2.37. The predicted molar refractivity (Wildman–Crippen MR) is 88.2 cm³/mol. The third-order valence-electron chi connectivity index (χ3n) is 5.12. The van der Waals surface area contributed by atoms with Crippen LogP contribution >= 0.6 is 11.3 Å². The molecule has 0 spiro atoms. The highest BCUT2D eigenvalue weighted by atomic mass is 32.1. The fourth-order valence-electron chi connectivity index (χ4n) is 3.38. The average molecular weight is 295 g/mol. The fraction of sp³-hybridized carbons (Fsp3) is 0.750. The molecule has 20 heavy (non-hydrogen) atoms. The van der Waals surface area contributed by atoms with E-state index in [9.17, 15) is 0 Å². The molecule has 1 aliphatic rings. The SMILES string of the molecule is CCN1CCCC(CN)(N(C)C(C)c2cccs2)CC1. The van der Waals surface area contributed by atoms with Gasteiger partial charge in [0.25, 0.3) is 0 Å². The monoisotopic (exact) mass is 295 g/mol. The standard InChI is InChI=1S/C16H29N3S/c1-4-19-10-6-8-16(13-17,9-11-19)18(3)14(2)15-7-5-12-20-15/h5,7,12,14H,4,6,8-11,13,17H2,1-3H3. The molecular weight excluding hydrogens is 266 g/mol. The van der Waals surface area contributed by atoms with E-state index in [-0.39, 0.29) is 5.54 Å². The molecule has 1 aliphatic heterocycles. The van der Waals surface area contributed by atoms with Gasteiger partial charge in [-0.05, 0) is 64.3 Å². The quantitative estimate of drug-likeness (QED) is 0.906. The number of likely N-dealkylation sites (tertiary alicyclic amines) is 1.